The predicted octanol–water partition coefficient (Wildman–Crippen LogP) is -0.250. The number of aromatic hydroxyl groups is 1. The Balaban J connectivity index is 2.23. The maximum absolute atomic E-state index is 11.8. The number of carbonyl (C=O) groups excluding carboxylic acids is 1. The molecule has 1 aromatic heterocycles. The molecule has 1 heterocycles. The summed E-state index contributed by atoms with van der Waals surface area (Å²) in [6.45, 7) is 0. The van der Waals surface area contributed by atoms with Crippen molar-refractivity contribution in [1.82, 2.24) is 20.2 Å². The summed E-state index contributed by atoms with van der Waals surface area (Å²) in [5.74, 6) is -0.768. The number of aryl methyl sites for hydroxylation is 1. The first-order valence-corrected chi connectivity index (χ1v) is 4.70. The van der Waals surface area contributed by atoms with Crippen LogP contribution in [0.1, 0.15) is 10.4 Å². The molecule has 0 fully saturated rings. The van der Waals surface area contributed by atoms with Gasteiger partial charge in [0.1, 0.15) is 0 Å². The van der Waals surface area contributed by atoms with E-state index < -0.39 is 5.91 Å². The second-order valence-electron chi connectivity index (χ2n) is 3.30. The average Bonchev–Trinajstić information content (AvgIpc) is 2.68. The lowest BCUT2D eigenvalue weighted by Gasteiger charge is -2.05. The van der Waals surface area contributed by atoms with E-state index in [9.17, 15) is 9.90 Å². The number of nitrogen functional groups attached to an aromatic ring is 1. The smallest absolute Gasteiger partial charge is 0.270 e. The molecule has 2 aromatic rings. The molecule has 17 heavy (non-hydrogen) atoms. The first kappa shape index (κ1) is 10.9. The Morgan fingerprint density at radius 1 is 1.53 bits per heavy atom. The van der Waals surface area contributed by atoms with Crippen LogP contribution in [-0.2, 0) is 7.05 Å². The minimum absolute atomic E-state index is 0.0532. The fourth-order valence-corrected chi connectivity index (χ4v) is 1.25. The highest BCUT2D eigenvalue weighted by atomic mass is 16.3. The molecular weight excluding hydrogens is 224 g/mol. The first-order chi connectivity index (χ1) is 8.08. The van der Waals surface area contributed by atoms with Gasteiger partial charge in [0, 0.05) is 0 Å². The third kappa shape index (κ3) is 2.14. The minimum atomic E-state index is -0.553. The molecule has 0 aliphatic rings. The number of amides is 1. The third-order valence-electron chi connectivity index (χ3n) is 2.05. The molecule has 0 saturated carbocycles. The summed E-state index contributed by atoms with van der Waals surface area (Å²) >= 11 is 0. The zero-order valence-electron chi connectivity index (χ0n) is 8.95. The Morgan fingerprint density at radius 2 is 2.29 bits per heavy atom. The summed E-state index contributed by atoms with van der Waals surface area (Å²) in [5.41, 5.74) is 5.66. The van der Waals surface area contributed by atoms with E-state index >= 15 is 0 Å². The van der Waals surface area contributed by atoms with E-state index in [1.54, 1.807) is 13.1 Å². The number of nitrogens with one attached hydrogen (secondary N) is 1. The molecule has 0 spiro atoms. The van der Waals surface area contributed by atoms with Crippen molar-refractivity contribution in [1.29, 1.82) is 0 Å². The van der Waals surface area contributed by atoms with Gasteiger partial charge in [-0.15, -0.1) is 5.10 Å². The molecule has 0 saturated heterocycles. The van der Waals surface area contributed by atoms with Gasteiger partial charge in [-0.05, 0) is 17.3 Å². The summed E-state index contributed by atoms with van der Waals surface area (Å²) in [6.07, 6.45) is 0. The lowest BCUT2D eigenvalue weighted by atomic mass is 10.1. The number of rotatable bonds is 2. The van der Waals surface area contributed by atoms with Crippen LogP contribution in [0.25, 0.3) is 0 Å². The number of aromatic nitrogens is 4. The molecule has 88 valence electrons. The predicted molar refractivity (Wildman–Crippen MR) is 59.3 cm³/mol. The number of para-hydroxylation sites is 1. The van der Waals surface area contributed by atoms with Crippen LogP contribution in [0.2, 0.25) is 0 Å². The van der Waals surface area contributed by atoms with Crippen molar-refractivity contribution in [2.45, 2.75) is 0 Å². The highest BCUT2D eigenvalue weighted by Crippen LogP contribution is 2.24. The first-order valence-electron chi connectivity index (χ1n) is 4.70. The van der Waals surface area contributed by atoms with Gasteiger partial charge in [0.05, 0.1) is 18.3 Å². The summed E-state index contributed by atoms with van der Waals surface area (Å²) < 4.78 is 0. The van der Waals surface area contributed by atoms with Crippen LogP contribution in [0.15, 0.2) is 18.2 Å². The third-order valence-corrected chi connectivity index (χ3v) is 2.05. The quantitative estimate of drug-likeness (QED) is 0.487. The summed E-state index contributed by atoms with van der Waals surface area (Å²) in [4.78, 5) is 13.0. The second kappa shape index (κ2) is 4.08. The van der Waals surface area contributed by atoms with Crippen molar-refractivity contribution in [3.8, 4) is 5.75 Å². The number of tetrazole rings is 1. The maximum Gasteiger partial charge on any atom is 0.270 e. The molecule has 4 N–H and O–H groups in total. The molecule has 2 rings (SSSR count). The standard InChI is InChI=1S/C9H10N6O2/c1-15-13-9(12-14-15)11-8(17)5-3-2-4-6(10)7(5)16/h2-4,16H,10H2,1H3,(H,11,13,17). The molecule has 0 radical (unpaired) electrons. The van der Waals surface area contributed by atoms with Crippen molar-refractivity contribution in [2.24, 2.45) is 7.05 Å². The van der Waals surface area contributed by atoms with E-state index in [4.69, 9.17) is 5.73 Å². The average molecular weight is 234 g/mol. The zero-order valence-corrected chi connectivity index (χ0v) is 8.95. The number of hydrogen-bond acceptors (Lipinski definition) is 6. The minimum Gasteiger partial charge on any atom is -0.505 e. The van der Waals surface area contributed by atoms with Crippen molar-refractivity contribution >= 4 is 17.5 Å². The van der Waals surface area contributed by atoms with Gasteiger partial charge in [-0.1, -0.05) is 11.2 Å². The molecule has 1 aromatic carbocycles. The number of phenolic OH excluding ortho intramolecular Hbond substituents is 1. The highest BCUT2D eigenvalue weighted by molar-refractivity contribution is 6.06. The maximum atomic E-state index is 11.8. The fraction of sp³-hybridized carbons (Fsp3) is 0.111. The van der Waals surface area contributed by atoms with Gasteiger partial charge in [0.25, 0.3) is 11.9 Å². The Kier molecular flexibility index (Phi) is 2.61. The van der Waals surface area contributed by atoms with Crippen molar-refractivity contribution in [2.75, 3.05) is 11.1 Å². The normalized spacial score (nSPS) is 10.2. The number of benzene rings is 1. The van der Waals surface area contributed by atoms with Gasteiger partial charge in [0.2, 0.25) is 0 Å². The molecule has 0 atom stereocenters. The number of carbonyl (C=O) groups is 1. The molecule has 0 unspecified atom stereocenters. The second-order valence-corrected chi connectivity index (χ2v) is 3.30. The monoisotopic (exact) mass is 234 g/mol. The largest absolute Gasteiger partial charge is 0.505 e. The highest BCUT2D eigenvalue weighted by Gasteiger charge is 2.14. The van der Waals surface area contributed by atoms with Gasteiger partial charge >= 0.3 is 0 Å². The SMILES string of the molecule is Cn1nnc(NC(=O)c2cccc(N)c2O)n1. The van der Waals surface area contributed by atoms with Crippen LogP contribution in [0, 0.1) is 0 Å². The van der Waals surface area contributed by atoms with Crippen molar-refractivity contribution in [3.05, 3.63) is 23.8 Å². The van der Waals surface area contributed by atoms with Crippen molar-refractivity contribution < 1.29 is 9.90 Å². The molecule has 8 nitrogen and oxygen atoms in total. The molecule has 0 aliphatic heterocycles. The Hall–Kier alpha value is -2.64. The Labute approximate surface area is 96.0 Å². The summed E-state index contributed by atoms with van der Waals surface area (Å²) in [7, 11) is 1.57. The van der Waals surface area contributed by atoms with E-state index in [2.05, 4.69) is 20.7 Å². The molecule has 0 bridgehead atoms. The Bertz CT molecular complexity index is 564. The van der Waals surface area contributed by atoms with E-state index in [-0.39, 0.29) is 22.9 Å². The van der Waals surface area contributed by atoms with Crippen LogP contribution in [0.5, 0.6) is 5.75 Å². The Morgan fingerprint density at radius 3 is 2.94 bits per heavy atom. The van der Waals surface area contributed by atoms with Gasteiger partial charge in [-0.2, -0.15) is 4.80 Å². The van der Waals surface area contributed by atoms with Gasteiger partial charge in [0.15, 0.2) is 5.75 Å². The van der Waals surface area contributed by atoms with Crippen LogP contribution in [0.4, 0.5) is 11.6 Å². The van der Waals surface area contributed by atoms with Crippen LogP contribution >= 0.6 is 0 Å². The van der Waals surface area contributed by atoms with Crippen LogP contribution < -0.4 is 11.1 Å². The molecule has 1 amide bonds. The number of hydrogen-bond donors (Lipinski definition) is 3. The number of anilines is 2. The topological polar surface area (TPSA) is 119 Å². The van der Waals surface area contributed by atoms with Crippen LogP contribution in [0.3, 0.4) is 0 Å². The number of nitrogens with zero attached hydrogens (tertiary/aromatic N) is 4. The zero-order chi connectivity index (χ0) is 12.4. The molecular formula is C9H10N6O2. The van der Waals surface area contributed by atoms with E-state index in [0.717, 1.165) is 0 Å². The number of phenols is 1. The van der Waals surface area contributed by atoms with E-state index in [0.29, 0.717) is 0 Å². The summed E-state index contributed by atoms with van der Waals surface area (Å²) in [5, 5.41) is 22.9. The van der Waals surface area contributed by atoms with Gasteiger partial charge < -0.3 is 10.8 Å². The lowest BCUT2D eigenvalue weighted by Crippen LogP contribution is -2.13. The summed E-state index contributed by atoms with van der Waals surface area (Å²) in [6, 6.07) is 4.50. The fourth-order valence-electron chi connectivity index (χ4n) is 1.25. The lowest BCUT2D eigenvalue weighted by molar-refractivity contribution is 0.102. The molecule has 8 heteroatoms. The van der Waals surface area contributed by atoms with Gasteiger partial charge in [-0.3, -0.25) is 10.1 Å². The van der Waals surface area contributed by atoms with E-state index in [1.165, 1.54) is 16.9 Å². The van der Waals surface area contributed by atoms with E-state index in [1.807, 2.05) is 0 Å². The van der Waals surface area contributed by atoms with Crippen LogP contribution in [-0.4, -0.2) is 31.2 Å². The van der Waals surface area contributed by atoms with Crippen molar-refractivity contribution in [3.63, 3.8) is 0 Å². The number of nitrogens with two attached hydrogens (primary N) is 1. The molecule has 0 aliphatic carbocycles. The van der Waals surface area contributed by atoms with Gasteiger partial charge in [-0.25, -0.2) is 0 Å².